The predicted molar refractivity (Wildman–Crippen MR) is 159 cm³/mol. The highest BCUT2D eigenvalue weighted by atomic mass is 32.2. The van der Waals surface area contributed by atoms with E-state index >= 15 is 0 Å². The zero-order valence-corrected chi connectivity index (χ0v) is 25.3. The molecule has 5 nitrogen and oxygen atoms in total. The molecule has 1 aliphatic heterocycles. The first-order valence-electron chi connectivity index (χ1n) is 13.7. The van der Waals surface area contributed by atoms with Crippen LogP contribution < -0.4 is 0 Å². The number of nitrogens with zero attached hydrogens (tertiary/aromatic N) is 2. The standard InChI is InChI=1S/C31H40N2O3SSi/c1-7-23-21-24-17-18-28-29(30(24)32(22-23)19-20-36-38(5,6)31(2,3)4)26-15-11-12-16-27(26)33(28)37(34,35)25-13-9-8-10-14-25/h8-18,21,24,30H,7,19-20,22H2,1-6H3/t24-,30-/m1/s1. The monoisotopic (exact) mass is 548 g/mol. The van der Waals surface area contributed by atoms with Crippen molar-refractivity contribution in [1.82, 2.24) is 8.87 Å². The number of benzene rings is 2. The van der Waals surface area contributed by atoms with E-state index in [4.69, 9.17) is 4.43 Å². The molecule has 0 unspecified atom stereocenters. The van der Waals surface area contributed by atoms with Crippen LogP contribution >= 0.6 is 0 Å². The molecule has 0 saturated heterocycles. The molecule has 0 fully saturated rings. The lowest BCUT2D eigenvalue weighted by atomic mass is 9.81. The number of para-hydroxylation sites is 1. The van der Waals surface area contributed by atoms with Crippen LogP contribution in [0.15, 0.2) is 77.2 Å². The highest BCUT2D eigenvalue weighted by Crippen LogP contribution is 2.46. The van der Waals surface area contributed by atoms with Crippen LogP contribution in [0.25, 0.3) is 17.0 Å². The van der Waals surface area contributed by atoms with Crippen LogP contribution in [0.2, 0.25) is 18.1 Å². The molecule has 0 radical (unpaired) electrons. The first-order chi connectivity index (χ1) is 18.0. The fourth-order valence-electron chi connectivity index (χ4n) is 5.52. The van der Waals surface area contributed by atoms with E-state index in [1.165, 1.54) is 5.57 Å². The zero-order chi connectivity index (χ0) is 27.3. The maximum atomic E-state index is 14.0. The van der Waals surface area contributed by atoms with Crippen LogP contribution in [0.3, 0.4) is 0 Å². The van der Waals surface area contributed by atoms with Gasteiger partial charge in [0.2, 0.25) is 0 Å². The second-order valence-electron chi connectivity index (χ2n) is 12.0. The number of fused-ring (bicyclic) bond motifs is 5. The maximum absolute atomic E-state index is 14.0. The lowest BCUT2D eigenvalue weighted by molar-refractivity contribution is 0.138. The van der Waals surface area contributed by atoms with Crippen molar-refractivity contribution < 1.29 is 12.8 Å². The molecule has 2 atom stereocenters. The summed E-state index contributed by atoms with van der Waals surface area (Å²) in [6, 6.07) is 16.7. The van der Waals surface area contributed by atoms with E-state index in [0.29, 0.717) is 11.5 Å². The summed E-state index contributed by atoms with van der Waals surface area (Å²) >= 11 is 0. The van der Waals surface area contributed by atoms with Crippen LogP contribution in [0, 0.1) is 5.92 Å². The molecule has 2 heterocycles. The molecular weight excluding hydrogens is 509 g/mol. The van der Waals surface area contributed by atoms with Gasteiger partial charge in [-0.2, -0.15) is 0 Å². The summed E-state index contributed by atoms with van der Waals surface area (Å²) in [7, 11) is -5.65. The van der Waals surface area contributed by atoms with Crippen molar-refractivity contribution in [2.75, 3.05) is 19.7 Å². The Balaban J connectivity index is 1.61. The highest BCUT2D eigenvalue weighted by Gasteiger charge is 2.40. The molecule has 5 rings (SSSR count). The Kier molecular flexibility index (Phi) is 7.09. The molecule has 0 saturated carbocycles. The number of hydrogen-bond donors (Lipinski definition) is 0. The third kappa shape index (κ3) is 4.64. The number of hydrogen-bond acceptors (Lipinski definition) is 4. The van der Waals surface area contributed by atoms with E-state index in [0.717, 1.165) is 41.7 Å². The molecule has 0 spiro atoms. The number of rotatable bonds is 7. The van der Waals surface area contributed by atoms with Crippen molar-refractivity contribution in [2.45, 2.75) is 63.2 Å². The molecule has 1 aliphatic carbocycles. The second kappa shape index (κ2) is 9.94. The third-order valence-corrected chi connectivity index (χ3v) is 14.9. The minimum absolute atomic E-state index is 0.0606. The van der Waals surface area contributed by atoms with Crippen molar-refractivity contribution in [3.05, 3.63) is 83.6 Å². The van der Waals surface area contributed by atoms with Gasteiger partial charge in [-0.3, -0.25) is 4.90 Å². The smallest absolute Gasteiger partial charge is 0.268 e. The van der Waals surface area contributed by atoms with Gasteiger partial charge < -0.3 is 4.43 Å². The van der Waals surface area contributed by atoms with E-state index < -0.39 is 18.3 Å². The van der Waals surface area contributed by atoms with Crippen molar-refractivity contribution in [2.24, 2.45) is 5.92 Å². The van der Waals surface area contributed by atoms with Crippen LogP contribution in [-0.2, 0) is 14.4 Å². The predicted octanol–water partition coefficient (Wildman–Crippen LogP) is 7.24. The molecule has 202 valence electrons. The van der Waals surface area contributed by atoms with Gasteiger partial charge >= 0.3 is 0 Å². The van der Waals surface area contributed by atoms with Gasteiger partial charge in [-0.1, -0.05) is 81.8 Å². The first-order valence-corrected chi connectivity index (χ1v) is 18.0. The molecule has 0 amide bonds. The molecule has 0 bridgehead atoms. The maximum Gasteiger partial charge on any atom is 0.268 e. The van der Waals surface area contributed by atoms with Gasteiger partial charge in [-0.05, 0) is 48.8 Å². The first kappa shape index (κ1) is 27.1. The van der Waals surface area contributed by atoms with E-state index in [1.54, 1.807) is 28.2 Å². The van der Waals surface area contributed by atoms with E-state index in [2.05, 4.69) is 63.9 Å². The van der Waals surface area contributed by atoms with Crippen molar-refractivity contribution in [3.63, 3.8) is 0 Å². The van der Waals surface area contributed by atoms with Crippen molar-refractivity contribution >= 4 is 35.3 Å². The highest BCUT2D eigenvalue weighted by molar-refractivity contribution is 7.90. The average Bonchev–Trinajstić information content (AvgIpc) is 3.23. The lowest BCUT2D eigenvalue weighted by Crippen LogP contribution is -2.45. The van der Waals surface area contributed by atoms with Crippen LogP contribution in [0.5, 0.6) is 0 Å². The van der Waals surface area contributed by atoms with Gasteiger partial charge in [0.05, 0.1) is 16.1 Å². The molecule has 2 aromatic carbocycles. The molecule has 38 heavy (non-hydrogen) atoms. The Morgan fingerprint density at radius 1 is 1.03 bits per heavy atom. The molecule has 1 aromatic heterocycles. The Hall–Kier alpha value is -2.45. The molecular formula is C31H40N2O3SSi. The summed E-state index contributed by atoms with van der Waals surface area (Å²) < 4.78 is 36.1. The van der Waals surface area contributed by atoms with Gasteiger partial charge in [0.25, 0.3) is 10.0 Å². The van der Waals surface area contributed by atoms with E-state index in [1.807, 2.05) is 30.3 Å². The zero-order valence-electron chi connectivity index (χ0n) is 23.4. The molecule has 0 N–H and O–H groups in total. The van der Waals surface area contributed by atoms with Crippen molar-refractivity contribution in [3.8, 4) is 0 Å². The minimum Gasteiger partial charge on any atom is -0.416 e. The average molecular weight is 549 g/mol. The fourth-order valence-corrected chi connectivity index (χ4v) is 8.10. The van der Waals surface area contributed by atoms with E-state index in [-0.39, 0.29) is 17.0 Å². The van der Waals surface area contributed by atoms with Gasteiger partial charge in [-0.15, -0.1) is 0 Å². The van der Waals surface area contributed by atoms with Gasteiger partial charge in [0.15, 0.2) is 8.32 Å². The summed E-state index contributed by atoms with van der Waals surface area (Å²) in [6.45, 7) is 16.0. The Labute approximate surface area is 229 Å². The molecule has 2 aliphatic rings. The van der Waals surface area contributed by atoms with Crippen LogP contribution in [0.4, 0.5) is 0 Å². The Bertz CT molecular complexity index is 1500. The van der Waals surface area contributed by atoms with Crippen LogP contribution in [0.1, 0.15) is 51.4 Å². The SMILES string of the molecule is CCC1=C[C@H]2C=Cc3c(c4ccccc4n3S(=O)(=O)c3ccccc3)[C@@H]2N(CCO[Si](C)(C)C(C)(C)C)C1. The summed E-state index contributed by atoms with van der Waals surface area (Å²) in [4.78, 5) is 2.82. The summed E-state index contributed by atoms with van der Waals surface area (Å²) in [5.41, 5.74) is 4.02. The summed E-state index contributed by atoms with van der Waals surface area (Å²) in [5, 5.41) is 1.16. The van der Waals surface area contributed by atoms with Gasteiger partial charge in [-0.25, -0.2) is 12.4 Å². The van der Waals surface area contributed by atoms with Crippen LogP contribution in [-0.4, -0.2) is 45.3 Å². The topological polar surface area (TPSA) is 51.5 Å². The quantitative estimate of drug-likeness (QED) is 0.231. The summed E-state index contributed by atoms with van der Waals surface area (Å²) in [6.07, 6.45) is 7.62. The normalized spacial score (nSPS) is 20.3. The Morgan fingerprint density at radius 2 is 1.71 bits per heavy atom. The largest absolute Gasteiger partial charge is 0.416 e. The lowest BCUT2D eigenvalue weighted by Gasteiger charge is -2.42. The van der Waals surface area contributed by atoms with Crippen molar-refractivity contribution in [1.29, 1.82) is 0 Å². The molecule has 7 heteroatoms. The fraction of sp³-hybridized carbons (Fsp3) is 0.419. The number of aromatic nitrogens is 1. The van der Waals surface area contributed by atoms with E-state index in [9.17, 15) is 8.42 Å². The molecule has 3 aromatic rings. The van der Waals surface area contributed by atoms with Gasteiger partial charge in [0, 0.05) is 42.6 Å². The minimum atomic E-state index is -3.77. The third-order valence-electron chi connectivity index (χ3n) is 8.66. The van der Waals surface area contributed by atoms with Gasteiger partial charge in [0.1, 0.15) is 0 Å². The summed E-state index contributed by atoms with van der Waals surface area (Å²) in [5.74, 6) is 0.192. The second-order valence-corrected chi connectivity index (χ2v) is 18.6. The Morgan fingerprint density at radius 3 is 2.39 bits per heavy atom.